The predicted molar refractivity (Wildman–Crippen MR) is 49.3 cm³/mol. The van der Waals surface area contributed by atoms with Crippen LogP contribution in [-0.2, 0) is 9.59 Å². The Morgan fingerprint density at radius 2 is 2.14 bits per heavy atom. The van der Waals surface area contributed by atoms with Gasteiger partial charge in [-0.25, -0.2) is 4.79 Å². The zero-order valence-electron chi connectivity index (χ0n) is 7.93. The Balaban J connectivity index is 4.18. The Labute approximate surface area is 82.2 Å². The van der Waals surface area contributed by atoms with Crippen LogP contribution in [0, 0.1) is 11.3 Å². The fraction of sp³-hybridized carbons (Fsp3) is 0.444. The van der Waals surface area contributed by atoms with Crippen molar-refractivity contribution in [1.82, 2.24) is 4.90 Å². The quantitative estimate of drug-likeness (QED) is 0.645. The normalized spacial score (nSPS) is 9.71. The molecule has 0 aliphatic heterocycles. The van der Waals surface area contributed by atoms with E-state index >= 15 is 0 Å². The molecule has 0 saturated carbocycles. The molecule has 5 nitrogen and oxygen atoms in total. The molecule has 0 aliphatic carbocycles. The SMILES string of the molecule is CCN(CCC#N)C(=O)/C=C/C(=O)O. The van der Waals surface area contributed by atoms with Crippen LogP contribution in [0.5, 0.6) is 0 Å². The highest BCUT2D eigenvalue weighted by Gasteiger charge is 2.07. The summed E-state index contributed by atoms with van der Waals surface area (Å²) in [4.78, 5) is 22.8. The molecular weight excluding hydrogens is 184 g/mol. The molecule has 0 aliphatic rings. The van der Waals surface area contributed by atoms with Crippen LogP contribution in [-0.4, -0.2) is 35.0 Å². The summed E-state index contributed by atoms with van der Waals surface area (Å²) in [7, 11) is 0. The maximum absolute atomic E-state index is 11.3. The van der Waals surface area contributed by atoms with Crippen molar-refractivity contribution in [3.63, 3.8) is 0 Å². The van der Waals surface area contributed by atoms with Gasteiger partial charge >= 0.3 is 5.97 Å². The van der Waals surface area contributed by atoms with Crippen molar-refractivity contribution in [3.05, 3.63) is 12.2 Å². The van der Waals surface area contributed by atoms with E-state index in [0.29, 0.717) is 13.1 Å². The summed E-state index contributed by atoms with van der Waals surface area (Å²) in [5.74, 6) is -1.54. The number of hydrogen-bond acceptors (Lipinski definition) is 3. The monoisotopic (exact) mass is 196 g/mol. The van der Waals surface area contributed by atoms with Crippen LogP contribution in [0.3, 0.4) is 0 Å². The second-order valence-electron chi connectivity index (χ2n) is 2.50. The van der Waals surface area contributed by atoms with E-state index in [2.05, 4.69) is 0 Å². The van der Waals surface area contributed by atoms with Gasteiger partial charge in [0.05, 0.1) is 12.5 Å². The molecule has 76 valence electrons. The van der Waals surface area contributed by atoms with Crippen molar-refractivity contribution in [3.8, 4) is 6.07 Å². The smallest absolute Gasteiger partial charge is 0.328 e. The highest BCUT2D eigenvalue weighted by molar-refractivity contribution is 5.93. The van der Waals surface area contributed by atoms with E-state index in [9.17, 15) is 9.59 Å². The fourth-order valence-corrected chi connectivity index (χ4v) is 0.857. The van der Waals surface area contributed by atoms with E-state index in [-0.39, 0.29) is 12.3 Å². The van der Waals surface area contributed by atoms with Crippen molar-refractivity contribution in [1.29, 1.82) is 5.26 Å². The van der Waals surface area contributed by atoms with Gasteiger partial charge in [0, 0.05) is 25.2 Å². The summed E-state index contributed by atoms with van der Waals surface area (Å²) in [5.41, 5.74) is 0. The topological polar surface area (TPSA) is 81.4 Å². The van der Waals surface area contributed by atoms with Gasteiger partial charge in [-0.05, 0) is 6.92 Å². The van der Waals surface area contributed by atoms with Crippen LogP contribution in [0.1, 0.15) is 13.3 Å². The number of nitrogens with zero attached hydrogens (tertiary/aromatic N) is 2. The van der Waals surface area contributed by atoms with E-state index in [4.69, 9.17) is 10.4 Å². The molecule has 0 spiro atoms. The lowest BCUT2D eigenvalue weighted by Crippen LogP contribution is -2.30. The number of nitriles is 1. The second kappa shape index (κ2) is 6.66. The third-order valence-corrected chi connectivity index (χ3v) is 1.56. The first kappa shape index (κ1) is 12.2. The Morgan fingerprint density at radius 3 is 2.57 bits per heavy atom. The second-order valence-corrected chi connectivity index (χ2v) is 2.50. The maximum Gasteiger partial charge on any atom is 0.328 e. The molecule has 0 radical (unpaired) electrons. The molecule has 0 unspecified atom stereocenters. The molecule has 0 rings (SSSR count). The lowest BCUT2D eigenvalue weighted by molar-refractivity contribution is -0.132. The van der Waals surface area contributed by atoms with Gasteiger partial charge in [-0.1, -0.05) is 0 Å². The third-order valence-electron chi connectivity index (χ3n) is 1.56. The van der Waals surface area contributed by atoms with Gasteiger partial charge in [0.25, 0.3) is 0 Å². The summed E-state index contributed by atoms with van der Waals surface area (Å²) < 4.78 is 0. The number of rotatable bonds is 5. The van der Waals surface area contributed by atoms with Crippen molar-refractivity contribution in [2.45, 2.75) is 13.3 Å². The summed E-state index contributed by atoms with van der Waals surface area (Å²) >= 11 is 0. The van der Waals surface area contributed by atoms with Gasteiger partial charge in [0.1, 0.15) is 0 Å². The van der Waals surface area contributed by atoms with Crippen LogP contribution in [0.4, 0.5) is 0 Å². The average molecular weight is 196 g/mol. The van der Waals surface area contributed by atoms with Crippen molar-refractivity contribution >= 4 is 11.9 Å². The number of carboxylic acid groups (broad SMARTS) is 1. The first-order chi connectivity index (χ1) is 6.61. The lowest BCUT2D eigenvalue weighted by Gasteiger charge is -2.16. The molecule has 0 aromatic heterocycles. The molecule has 14 heavy (non-hydrogen) atoms. The van der Waals surface area contributed by atoms with Crippen LogP contribution < -0.4 is 0 Å². The standard InChI is InChI=1S/C9H12N2O3/c1-2-11(7-3-6-10)8(12)4-5-9(13)14/h4-5H,2-3,7H2,1H3,(H,13,14)/b5-4+. The molecule has 5 heteroatoms. The number of hydrogen-bond donors (Lipinski definition) is 1. The van der Waals surface area contributed by atoms with Gasteiger partial charge in [-0.15, -0.1) is 0 Å². The van der Waals surface area contributed by atoms with Gasteiger partial charge < -0.3 is 10.0 Å². The number of carboxylic acids is 1. The minimum absolute atomic E-state index is 0.250. The van der Waals surface area contributed by atoms with Gasteiger partial charge in [-0.2, -0.15) is 5.26 Å². The molecule has 0 atom stereocenters. The average Bonchev–Trinajstić information content (AvgIpc) is 2.16. The third kappa shape index (κ3) is 4.93. The van der Waals surface area contributed by atoms with Crippen LogP contribution in [0.15, 0.2) is 12.2 Å². The molecule has 0 bridgehead atoms. The fourth-order valence-electron chi connectivity index (χ4n) is 0.857. The first-order valence-corrected chi connectivity index (χ1v) is 4.18. The van der Waals surface area contributed by atoms with Gasteiger partial charge in [0.2, 0.25) is 5.91 Å². The Hall–Kier alpha value is -1.83. The molecule has 0 aromatic rings. The van der Waals surface area contributed by atoms with E-state index in [1.807, 2.05) is 6.07 Å². The molecular formula is C9H12N2O3. The minimum Gasteiger partial charge on any atom is -0.478 e. The van der Waals surface area contributed by atoms with E-state index in [0.717, 1.165) is 12.2 Å². The predicted octanol–water partition coefficient (Wildman–Crippen LogP) is 0.389. The van der Waals surface area contributed by atoms with Crippen LogP contribution in [0.25, 0.3) is 0 Å². The summed E-state index contributed by atoms with van der Waals surface area (Å²) in [6.45, 7) is 2.56. The minimum atomic E-state index is -1.16. The van der Waals surface area contributed by atoms with Gasteiger partial charge in [-0.3, -0.25) is 4.79 Å². The number of likely N-dealkylation sites (N-methyl/N-ethyl adjacent to an activating group) is 1. The molecule has 1 N–H and O–H groups in total. The highest BCUT2D eigenvalue weighted by atomic mass is 16.4. The van der Waals surface area contributed by atoms with Crippen molar-refractivity contribution < 1.29 is 14.7 Å². The van der Waals surface area contributed by atoms with Crippen LogP contribution in [0.2, 0.25) is 0 Å². The zero-order chi connectivity index (χ0) is 11.0. The number of carbonyl (C=O) groups is 2. The number of aliphatic carboxylic acids is 1. The summed E-state index contributed by atoms with van der Waals surface area (Å²) in [5, 5.41) is 16.6. The van der Waals surface area contributed by atoms with Crippen molar-refractivity contribution in [2.75, 3.05) is 13.1 Å². The first-order valence-electron chi connectivity index (χ1n) is 4.18. The molecule has 0 saturated heterocycles. The largest absolute Gasteiger partial charge is 0.478 e. The number of amides is 1. The molecule has 0 aromatic carbocycles. The summed E-state index contributed by atoms with van der Waals surface area (Å²) in [6.07, 6.45) is 2.03. The van der Waals surface area contributed by atoms with E-state index in [1.54, 1.807) is 6.92 Å². The number of carbonyl (C=O) groups excluding carboxylic acids is 1. The van der Waals surface area contributed by atoms with Gasteiger partial charge in [0.15, 0.2) is 0 Å². The zero-order valence-corrected chi connectivity index (χ0v) is 7.93. The molecule has 1 amide bonds. The van der Waals surface area contributed by atoms with E-state index in [1.165, 1.54) is 4.90 Å². The molecule has 0 heterocycles. The van der Waals surface area contributed by atoms with E-state index < -0.39 is 5.97 Å². The maximum atomic E-state index is 11.3. The Morgan fingerprint density at radius 1 is 1.50 bits per heavy atom. The Bertz CT molecular complexity index is 278. The summed E-state index contributed by atoms with van der Waals surface area (Å²) in [6, 6.07) is 1.92. The van der Waals surface area contributed by atoms with Crippen molar-refractivity contribution in [2.24, 2.45) is 0 Å². The molecule has 0 fully saturated rings. The lowest BCUT2D eigenvalue weighted by atomic mass is 10.3. The van der Waals surface area contributed by atoms with Crippen LogP contribution >= 0.6 is 0 Å². The Kier molecular flexibility index (Phi) is 5.79. The highest BCUT2D eigenvalue weighted by Crippen LogP contribution is 1.93.